The summed E-state index contributed by atoms with van der Waals surface area (Å²) >= 11 is 0. The van der Waals surface area contributed by atoms with Crippen LogP contribution < -0.4 is 5.32 Å². The van der Waals surface area contributed by atoms with Crippen LogP contribution in [-0.2, 0) is 4.74 Å². The van der Waals surface area contributed by atoms with Crippen LogP contribution in [0.3, 0.4) is 0 Å². The molecule has 3 nitrogen and oxygen atoms in total. The van der Waals surface area contributed by atoms with Crippen LogP contribution >= 0.6 is 0 Å². The molecule has 2 saturated heterocycles. The Bertz CT molecular complexity index is 276. The number of hydrogen-bond acceptors (Lipinski definition) is 3. The number of rotatable bonds is 3. The van der Waals surface area contributed by atoms with Crippen LogP contribution in [0.4, 0.5) is 0 Å². The molecule has 1 spiro atoms. The van der Waals surface area contributed by atoms with Gasteiger partial charge in [-0.25, -0.2) is 0 Å². The molecule has 18 heavy (non-hydrogen) atoms. The van der Waals surface area contributed by atoms with Crippen molar-refractivity contribution in [2.45, 2.75) is 69.1 Å². The summed E-state index contributed by atoms with van der Waals surface area (Å²) in [5.74, 6) is 0. The first-order valence-electron chi connectivity index (χ1n) is 7.87. The lowest BCUT2D eigenvalue weighted by atomic mass is 9.98. The number of nitrogens with zero attached hydrogens (tertiary/aromatic N) is 1. The van der Waals surface area contributed by atoms with Gasteiger partial charge in [0.1, 0.15) is 0 Å². The molecule has 3 aliphatic rings. The van der Waals surface area contributed by atoms with Gasteiger partial charge in [-0.05, 0) is 52.1 Å². The second-order valence-electron chi connectivity index (χ2n) is 6.56. The average molecular weight is 252 g/mol. The van der Waals surface area contributed by atoms with E-state index in [0.717, 1.165) is 0 Å². The van der Waals surface area contributed by atoms with Crippen molar-refractivity contribution in [1.29, 1.82) is 0 Å². The summed E-state index contributed by atoms with van der Waals surface area (Å²) in [6.07, 6.45) is 11.2. The minimum absolute atomic E-state index is 0.308. The molecule has 0 aromatic heterocycles. The Balaban J connectivity index is 1.48. The molecular formula is C15H28N2O. The first-order chi connectivity index (χ1) is 8.80. The maximum absolute atomic E-state index is 6.42. The van der Waals surface area contributed by atoms with E-state index in [2.05, 4.69) is 17.3 Å². The van der Waals surface area contributed by atoms with E-state index in [-0.39, 0.29) is 0 Å². The molecule has 2 unspecified atom stereocenters. The van der Waals surface area contributed by atoms with Gasteiger partial charge < -0.3 is 10.1 Å². The van der Waals surface area contributed by atoms with Crippen LogP contribution in [-0.4, -0.2) is 49.3 Å². The third-order valence-corrected chi connectivity index (χ3v) is 5.23. The van der Waals surface area contributed by atoms with Crippen LogP contribution in [0.2, 0.25) is 0 Å². The van der Waals surface area contributed by atoms with Gasteiger partial charge in [0, 0.05) is 19.1 Å². The van der Waals surface area contributed by atoms with Crippen molar-refractivity contribution < 1.29 is 4.74 Å². The van der Waals surface area contributed by atoms with E-state index in [1.165, 1.54) is 71.0 Å². The smallest absolute Gasteiger partial charge is 0.0710 e. The lowest BCUT2D eigenvalue weighted by Gasteiger charge is -2.34. The summed E-state index contributed by atoms with van der Waals surface area (Å²) in [7, 11) is 2.09. The number of likely N-dealkylation sites (tertiary alicyclic amines) is 1. The van der Waals surface area contributed by atoms with Crippen molar-refractivity contribution in [2.75, 3.05) is 26.7 Å². The maximum atomic E-state index is 6.42. The highest BCUT2D eigenvalue weighted by Crippen LogP contribution is 2.43. The molecule has 1 saturated carbocycles. The van der Waals surface area contributed by atoms with Crippen molar-refractivity contribution >= 4 is 0 Å². The van der Waals surface area contributed by atoms with Crippen molar-refractivity contribution in [2.24, 2.45) is 0 Å². The van der Waals surface area contributed by atoms with Crippen molar-refractivity contribution in [3.8, 4) is 0 Å². The van der Waals surface area contributed by atoms with Gasteiger partial charge in [0.2, 0.25) is 0 Å². The second kappa shape index (κ2) is 5.48. The Hall–Kier alpha value is -0.120. The molecule has 2 heterocycles. The lowest BCUT2D eigenvalue weighted by molar-refractivity contribution is -0.0495. The van der Waals surface area contributed by atoms with Crippen molar-refractivity contribution in [3.05, 3.63) is 0 Å². The fraction of sp³-hybridized carbons (Fsp3) is 1.00. The Kier molecular flexibility index (Phi) is 3.92. The molecule has 0 radical (unpaired) electrons. The number of piperidine rings is 1. The molecule has 1 N–H and O–H groups in total. The highest BCUT2D eigenvalue weighted by Gasteiger charge is 2.42. The van der Waals surface area contributed by atoms with E-state index < -0.39 is 0 Å². The summed E-state index contributed by atoms with van der Waals surface area (Å²) < 4.78 is 6.42. The lowest BCUT2D eigenvalue weighted by Crippen LogP contribution is -2.47. The molecule has 0 aromatic carbocycles. The summed E-state index contributed by atoms with van der Waals surface area (Å²) in [4.78, 5) is 2.61. The number of nitrogens with one attached hydrogen (secondary N) is 1. The fourth-order valence-corrected chi connectivity index (χ4v) is 4.16. The molecular weight excluding hydrogens is 224 g/mol. The van der Waals surface area contributed by atoms with Gasteiger partial charge in [-0.2, -0.15) is 0 Å². The van der Waals surface area contributed by atoms with E-state index >= 15 is 0 Å². The summed E-state index contributed by atoms with van der Waals surface area (Å²) in [5.41, 5.74) is 0.308. The number of hydrogen-bond donors (Lipinski definition) is 1. The number of likely N-dealkylation sites (N-methyl/N-ethyl adjacent to an activating group) is 1. The molecule has 2 atom stereocenters. The Morgan fingerprint density at radius 1 is 1.17 bits per heavy atom. The molecule has 3 heteroatoms. The highest BCUT2D eigenvalue weighted by atomic mass is 16.5. The van der Waals surface area contributed by atoms with E-state index in [9.17, 15) is 0 Å². The first kappa shape index (κ1) is 12.9. The SMILES string of the molecule is CNC1CCCN(CC2CCC3(CCCC3)O2)C1. The molecule has 0 bridgehead atoms. The Morgan fingerprint density at radius 2 is 2.00 bits per heavy atom. The van der Waals surface area contributed by atoms with Gasteiger partial charge in [0.15, 0.2) is 0 Å². The normalized spacial score (nSPS) is 36.5. The van der Waals surface area contributed by atoms with Crippen LogP contribution in [0.5, 0.6) is 0 Å². The average Bonchev–Trinajstić information content (AvgIpc) is 3.01. The zero-order valence-corrected chi connectivity index (χ0v) is 11.8. The molecule has 0 aromatic rings. The zero-order chi connectivity index (χ0) is 12.4. The van der Waals surface area contributed by atoms with E-state index in [1.54, 1.807) is 0 Å². The summed E-state index contributed by atoms with van der Waals surface area (Å²) in [6.45, 7) is 3.65. The van der Waals surface area contributed by atoms with Crippen LogP contribution in [0.25, 0.3) is 0 Å². The monoisotopic (exact) mass is 252 g/mol. The van der Waals surface area contributed by atoms with Crippen LogP contribution in [0, 0.1) is 0 Å². The quantitative estimate of drug-likeness (QED) is 0.833. The first-order valence-corrected chi connectivity index (χ1v) is 7.87. The summed E-state index contributed by atoms with van der Waals surface area (Å²) in [6, 6.07) is 0.695. The second-order valence-corrected chi connectivity index (χ2v) is 6.56. The van der Waals surface area contributed by atoms with E-state index in [1.807, 2.05) is 0 Å². The van der Waals surface area contributed by atoms with Gasteiger partial charge in [-0.3, -0.25) is 4.90 Å². The van der Waals surface area contributed by atoms with Gasteiger partial charge in [-0.15, -0.1) is 0 Å². The molecule has 104 valence electrons. The summed E-state index contributed by atoms with van der Waals surface area (Å²) in [5, 5.41) is 3.42. The Morgan fingerprint density at radius 3 is 2.78 bits per heavy atom. The predicted molar refractivity (Wildman–Crippen MR) is 73.8 cm³/mol. The van der Waals surface area contributed by atoms with Gasteiger partial charge >= 0.3 is 0 Å². The van der Waals surface area contributed by atoms with Gasteiger partial charge in [0.05, 0.1) is 11.7 Å². The van der Waals surface area contributed by atoms with E-state index in [0.29, 0.717) is 17.7 Å². The highest BCUT2D eigenvalue weighted by molar-refractivity contribution is 4.94. The minimum Gasteiger partial charge on any atom is -0.370 e. The standard InChI is InChI=1S/C15H28N2O/c1-16-13-5-4-10-17(11-13)12-14-6-9-15(18-14)7-2-3-8-15/h13-14,16H,2-12H2,1H3. The van der Waals surface area contributed by atoms with Crippen molar-refractivity contribution in [3.63, 3.8) is 0 Å². The Labute approximate surface area is 111 Å². The molecule has 3 rings (SSSR count). The minimum atomic E-state index is 0.308. The largest absolute Gasteiger partial charge is 0.370 e. The van der Waals surface area contributed by atoms with Crippen molar-refractivity contribution in [1.82, 2.24) is 10.2 Å². The van der Waals surface area contributed by atoms with Crippen LogP contribution in [0.15, 0.2) is 0 Å². The molecule has 0 amide bonds. The van der Waals surface area contributed by atoms with Gasteiger partial charge in [-0.1, -0.05) is 12.8 Å². The molecule has 2 aliphatic heterocycles. The molecule has 3 fully saturated rings. The predicted octanol–water partition coefficient (Wildman–Crippen LogP) is 2.16. The van der Waals surface area contributed by atoms with Crippen LogP contribution in [0.1, 0.15) is 51.4 Å². The zero-order valence-electron chi connectivity index (χ0n) is 11.8. The third kappa shape index (κ3) is 2.73. The number of ether oxygens (including phenoxy) is 1. The third-order valence-electron chi connectivity index (χ3n) is 5.23. The maximum Gasteiger partial charge on any atom is 0.0710 e. The van der Waals surface area contributed by atoms with Gasteiger partial charge in [0.25, 0.3) is 0 Å². The topological polar surface area (TPSA) is 24.5 Å². The van der Waals surface area contributed by atoms with E-state index in [4.69, 9.17) is 4.74 Å². The molecule has 1 aliphatic carbocycles. The fourth-order valence-electron chi connectivity index (χ4n) is 4.16.